The highest BCUT2D eigenvalue weighted by Gasteiger charge is 2.22. The number of hydrogen-bond acceptors (Lipinski definition) is 5. The number of aryl methyl sites for hydroxylation is 1. The van der Waals surface area contributed by atoms with Gasteiger partial charge < -0.3 is 5.11 Å². The van der Waals surface area contributed by atoms with Crippen LogP contribution in [0.4, 0.5) is 9.80 Å². The normalized spacial score (nSPS) is 9.94. The van der Waals surface area contributed by atoms with Crippen LogP contribution in [0.5, 0.6) is 0 Å². The lowest BCUT2D eigenvalue weighted by Crippen LogP contribution is -2.26. The predicted molar refractivity (Wildman–Crippen MR) is 57.6 cm³/mol. The SMILES string of the molecule is CON(C)C(=O)c1c(C)nsc1NC(=O)O. The topological polar surface area (TPSA) is 91.8 Å². The molecule has 0 aliphatic heterocycles. The monoisotopic (exact) mass is 245 g/mol. The Balaban J connectivity index is 3.06. The molecule has 1 heterocycles. The molecule has 0 aliphatic carbocycles. The lowest BCUT2D eigenvalue weighted by molar-refractivity contribution is -0.0756. The second-order valence-corrected chi connectivity index (χ2v) is 3.66. The Morgan fingerprint density at radius 2 is 2.19 bits per heavy atom. The fraction of sp³-hybridized carbons (Fsp3) is 0.375. The van der Waals surface area contributed by atoms with Crippen LogP contribution >= 0.6 is 11.5 Å². The zero-order valence-corrected chi connectivity index (χ0v) is 9.79. The number of nitrogens with zero attached hydrogens (tertiary/aromatic N) is 2. The molecule has 88 valence electrons. The van der Waals surface area contributed by atoms with Crippen molar-refractivity contribution in [1.29, 1.82) is 0 Å². The number of carboxylic acid groups (broad SMARTS) is 1. The summed E-state index contributed by atoms with van der Waals surface area (Å²) in [7, 11) is 2.78. The largest absolute Gasteiger partial charge is 0.465 e. The van der Waals surface area contributed by atoms with Crippen molar-refractivity contribution in [2.45, 2.75) is 6.92 Å². The lowest BCUT2D eigenvalue weighted by Gasteiger charge is -2.13. The van der Waals surface area contributed by atoms with E-state index in [-0.39, 0.29) is 10.6 Å². The number of anilines is 1. The van der Waals surface area contributed by atoms with E-state index in [9.17, 15) is 9.59 Å². The van der Waals surface area contributed by atoms with Gasteiger partial charge in [-0.15, -0.1) is 0 Å². The minimum Gasteiger partial charge on any atom is -0.465 e. The Bertz CT molecular complexity index is 417. The highest BCUT2D eigenvalue weighted by Crippen LogP contribution is 2.25. The van der Waals surface area contributed by atoms with Crippen LogP contribution < -0.4 is 5.32 Å². The first-order chi connectivity index (χ1) is 7.47. The molecule has 1 aromatic heterocycles. The van der Waals surface area contributed by atoms with E-state index in [1.807, 2.05) is 0 Å². The molecule has 0 saturated carbocycles. The number of amides is 2. The third kappa shape index (κ3) is 2.47. The van der Waals surface area contributed by atoms with Crippen LogP contribution in [-0.4, -0.2) is 40.7 Å². The fourth-order valence-electron chi connectivity index (χ4n) is 1.04. The highest BCUT2D eigenvalue weighted by atomic mass is 32.1. The first kappa shape index (κ1) is 12.4. The molecule has 0 radical (unpaired) electrons. The Kier molecular flexibility index (Phi) is 3.80. The zero-order valence-electron chi connectivity index (χ0n) is 8.97. The van der Waals surface area contributed by atoms with Gasteiger partial charge in [0.1, 0.15) is 5.00 Å². The van der Waals surface area contributed by atoms with Gasteiger partial charge in [-0.3, -0.25) is 14.9 Å². The molecule has 16 heavy (non-hydrogen) atoms. The predicted octanol–water partition coefficient (Wildman–Crippen LogP) is 1.17. The molecule has 0 spiro atoms. The van der Waals surface area contributed by atoms with Gasteiger partial charge in [0.25, 0.3) is 5.91 Å². The summed E-state index contributed by atoms with van der Waals surface area (Å²) in [4.78, 5) is 27.0. The van der Waals surface area contributed by atoms with Crippen LogP contribution in [0.25, 0.3) is 0 Å². The Morgan fingerprint density at radius 3 is 2.69 bits per heavy atom. The Morgan fingerprint density at radius 1 is 1.56 bits per heavy atom. The van der Waals surface area contributed by atoms with E-state index in [4.69, 9.17) is 9.94 Å². The van der Waals surface area contributed by atoms with Gasteiger partial charge in [-0.05, 0) is 18.5 Å². The van der Waals surface area contributed by atoms with Crippen LogP contribution in [-0.2, 0) is 4.84 Å². The number of aromatic nitrogens is 1. The Hall–Kier alpha value is -1.67. The smallest absolute Gasteiger partial charge is 0.409 e. The third-order valence-corrected chi connectivity index (χ3v) is 2.71. The van der Waals surface area contributed by atoms with Crippen LogP contribution in [0.3, 0.4) is 0 Å². The molecular weight excluding hydrogens is 234 g/mol. The van der Waals surface area contributed by atoms with Gasteiger partial charge in [-0.25, -0.2) is 9.86 Å². The number of nitrogens with one attached hydrogen (secondary N) is 1. The summed E-state index contributed by atoms with van der Waals surface area (Å²) in [6.45, 7) is 1.63. The summed E-state index contributed by atoms with van der Waals surface area (Å²) in [6.07, 6.45) is -1.24. The number of rotatable bonds is 3. The average Bonchev–Trinajstić information content (AvgIpc) is 2.56. The van der Waals surface area contributed by atoms with Crippen molar-refractivity contribution in [2.75, 3.05) is 19.5 Å². The summed E-state index contributed by atoms with van der Waals surface area (Å²) in [6, 6.07) is 0. The van der Waals surface area contributed by atoms with Gasteiger partial charge in [-0.2, -0.15) is 4.37 Å². The second-order valence-electron chi connectivity index (χ2n) is 2.89. The maximum absolute atomic E-state index is 11.8. The Labute approximate surface area is 95.8 Å². The first-order valence-electron chi connectivity index (χ1n) is 4.25. The van der Waals surface area contributed by atoms with Crippen molar-refractivity contribution in [2.24, 2.45) is 0 Å². The van der Waals surface area contributed by atoms with Crippen LogP contribution in [0.1, 0.15) is 16.1 Å². The molecule has 0 aliphatic rings. The quantitative estimate of drug-likeness (QED) is 0.780. The molecule has 8 heteroatoms. The summed E-state index contributed by atoms with van der Waals surface area (Å²) in [5.74, 6) is -0.447. The maximum atomic E-state index is 11.8. The van der Waals surface area contributed by atoms with E-state index in [2.05, 4.69) is 9.69 Å². The number of hydroxylamine groups is 2. The van der Waals surface area contributed by atoms with Crippen molar-refractivity contribution in [3.8, 4) is 0 Å². The molecule has 0 atom stereocenters. The van der Waals surface area contributed by atoms with Crippen molar-refractivity contribution in [1.82, 2.24) is 9.44 Å². The zero-order chi connectivity index (χ0) is 12.3. The highest BCUT2D eigenvalue weighted by molar-refractivity contribution is 7.11. The van der Waals surface area contributed by atoms with Gasteiger partial charge in [0.2, 0.25) is 0 Å². The van der Waals surface area contributed by atoms with Gasteiger partial charge >= 0.3 is 6.09 Å². The van der Waals surface area contributed by atoms with Gasteiger partial charge in [0.05, 0.1) is 18.4 Å². The summed E-state index contributed by atoms with van der Waals surface area (Å²) in [5.41, 5.74) is 0.666. The fourth-order valence-corrected chi connectivity index (χ4v) is 1.82. The molecule has 0 bridgehead atoms. The third-order valence-electron chi connectivity index (χ3n) is 1.86. The van der Waals surface area contributed by atoms with Crippen LogP contribution in [0, 0.1) is 6.92 Å². The number of carbonyl (C=O) groups excluding carboxylic acids is 1. The van der Waals surface area contributed by atoms with Crippen LogP contribution in [0.2, 0.25) is 0 Å². The van der Waals surface area contributed by atoms with Crippen molar-refractivity contribution < 1.29 is 19.5 Å². The lowest BCUT2D eigenvalue weighted by atomic mass is 10.2. The van der Waals surface area contributed by atoms with E-state index in [1.165, 1.54) is 14.2 Å². The number of carbonyl (C=O) groups is 2. The molecule has 1 rings (SSSR count). The summed E-state index contributed by atoms with van der Waals surface area (Å²) >= 11 is 0.916. The van der Waals surface area contributed by atoms with Crippen molar-refractivity contribution in [3.05, 3.63) is 11.3 Å². The van der Waals surface area contributed by atoms with E-state index < -0.39 is 12.0 Å². The van der Waals surface area contributed by atoms with Crippen molar-refractivity contribution >= 4 is 28.5 Å². The first-order valence-corrected chi connectivity index (χ1v) is 5.03. The molecule has 1 aromatic rings. The minimum atomic E-state index is -1.24. The van der Waals surface area contributed by atoms with E-state index >= 15 is 0 Å². The van der Waals surface area contributed by atoms with Gasteiger partial charge in [0.15, 0.2) is 0 Å². The maximum Gasteiger partial charge on any atom is 0.409 e. The standard InChI is InChI=1S/C8H11N3O4S/c1-4-5(7(12)11(2)15-3)6(16-10-4)9-8(13)14/h9H,1-3H3,(H,13,14). The minimum absolute atomic E-state index is 0.193. The van der Waals surface area contributed by atoms with E-state index in [0.29, 0.717) is 5.69 Å². The van der Waals surface area contributed by atoms with Crippen molar-refractivity contribution in [3.63, 3.8) is 0 Å². The van der Waals surface area contributed by atoms with Gasteiger partial charge in [-0.1, -0.05) is 0 Å². The average molecular weight is 245 g/mol. The molecular formula is C8H11N3O4S. The molecule has 0 aromatic carbocycles. The molecule has 2 amide bonds. The molecule has 0 fully saturated rings. The number of hydrogen-bond donors (Lipinski definition) is 2. The van der Waals surface area contributed by atoms with E-state index in [1.54, 1.807) is 6.92 Å². The van der Waals surface area contributed by atoms with E-state index in [0.717, 1.165) is 16.6 Å². The summed E-state index contributed by atoms with van der Waals surface area (Å²) in [5, 5.41) is 11.9. The molecule has 2 N–H and O–H groups in total. The molecule has 0 unspecified atom stereocenters. The molecule has 0 saturated heterocycles. The molecule has 7 nitrogen and oxygen atoms in total. The van der Waals surface area contributed by atoms with Gasteiger partial charge in [0, 0.05) is 7.05 Å². The summed E-state index contributed by atoms with van der Waals surface area (Å²) < 4.78 is 3.92. The van der Waals surface area contributed by atoms with Crippen LogP contribution in [0.15, 0.2) is 0 Å². The second kappa shape index (κ2) is 4.90.